The zero-order valence-electron chi connectivity index (χ0n) is 12.2. The molecule has 0 aliphatic carbocycles. The van der Waals surface area contributed by atoms with Crippen molar-refractivity contribution in [3.63, 3.8) is 0 Å². The minimum atomic E-state index is -4.57. The number of carbonyl (C=O) groups is 2. The van der Waals surface area contributed by atoms with Gasteiger partial charge in [0, 0.05) is 18.0 Å². The normalized spacial score (nSPS) is 22.1. The van der Waals surface area contributed by atoms with Crippen molar-refractivity contribution >= 4 is 11.9 Å². The van der Waals surface area contributed by atoms with E-state index < -0.39 is 35.8 Å². The molecule has 1 aromatic heterocycles. The van der Waals surface area contributed by atoms with Gasteiger partial charge in [-0.25, -0.2) is 4.79 Å². The number of urea groups is 1. The summed E-state index contributed by atoms with van der Waals surface area (Å²) < 4.78 is 38.9. The Hall–Kier alpha value is -2.12. The van der Waals surface area contributed by atoms with Crippen LogP contribution in [0.3, 0.4) is 0 Å². The third-order valence-corrected chi connectivity index (χ3v) is 3.63. The van der Waals surface area contributed by atoms with Gasteiger partial charge in [0.1, 0.15) is 5.54 Å². The number of amides is 3. The van der Waals surface area contributed by atoms with Crippen molar-refractivity contribution in [2.75, 3.05) is 0 Å². The summed E-state index contributed by atoms with van der Waals surface area (Å²) in [6.07, 6.45) is -1.42. The summed E-state index contributed by atoms with van der Waals surface area (Å²) in [5, 5.41) is 2.55. The van der Waals surface area contributed by atoms with E-state index >= 15 is 0 Å². The van der Waals surface area contributed by atoms with Gasteiger partial charge in [0.05, 0.1) is 12.1 Å². The topological polar surface area (TPSA) is 62.3 Å². The predicted octanol–water partition coefficient (Wildman–Crippen LogP) is 2.71. The number of alkyl halides is 3. The van der Waals surface area contributed by atoms with E-state index in [0.29, 0.717) is 12.8 Å². The number of imide groups is 1. The number of halogens is 3. The first-order chi connectivity index (χ1) is 10.2. The van der Waals surface area contributed by atoms with Crippen LogP contribution in [0.25, 0.3) is 0 Å². The van der Waals surface area contributed by atoms with Gasteiger partial charge in [-0.1, -0.05) is 13.3 Å². The van der Waals surface area contributed by atoms with Crippen molar-refractivity contribution < 1.29 is 22.8 Å². The van der Waals surface area contributed by atoms with Crippen LogP contribution in [-0.2, 0) is 17.5 Å². The molecule has 8 heteroatoms. The molecule has 1 saturated heterocycles. The van der Waals surface area contributed by atoms with Crippen LogP contribution in [0.15, 0.2) is 18.5 Å². The van der Waals surface area contributed by atoms with E-state index in [1.807, 2.05) is 6.92 Å². The molecule has 5 nitrogen and oxygen atoms in total. The maximum absolute atomic E-state index is 13.0. The lowest BCUT2D eigenvalue weighted by Gasteiger charge is -2.21. The average Bonchev–Trinajstić information content (AvgIpc) is 2.62. The van der Waals surface area contributed by atoms with Crippen molar-refractivity contribution in [1.29, 1.82) is 0 Å². The molecule has 1 atom stereocenters. The lowest BCUT2D eigenvalue weighted by molar-refractivity contribution is -0.139. The molecule has 1 aliphatic heterocycles. The predicted molar refractivity (Wildman–Crippen MR) is 71.6 cm³/mol. The lowest BCUT2D eigenvalue weighted by atomic mass is 9.96. The molecule has 0 radical (unpaired) electrons. The van der Waals surface area contributed by atoms with Crippen molar-refractivity contribution in [3.05, 3.63) is 29.6 Å². The molecule has 120 valence electrons. The summed E-state index contributed by atoms with van der Waals surface area (Å²) in [7, 11) is 0. The quantitative estimate of drug-likeness (QED) is 0.869. The van der Waals surface area contributed by atoms with Gasteiger partial charge in [-0.3, -0.25) is 14.7 Å². The second-order valence-corrected chi connectivity index (χ2v) is 5.43. The van der Waals surface area contributed by atoms with Gasteiger partial charge in [-0.2, -0.15) is 13.2 Å². The fourth-order valence-corrected chi connectivity index (χ4v) is 2.56. The Morgan fingerprint density at radius 1 is 1.36 bits per heavy atom. The molecule has 1 aliphatic rings. The zero-order chi connectivity index (χ0) is 16.5. The third-order valence-electron chi connectivity index (χ3n) is 3.63. The van der Waals surface area contributed by atoms with E-state index in [1.54, 1.807) is 6.92 Å². The van der Waals surface area contributed by atoms with Crippen molar-refractivity contribution in [2.45, 2.75) is 44.9 Å². The van der Waals surface area contributed by atoms with E-state index in [-0.39, 0.29) is 5.56 Å². The fourth-order valence-electron chi connectivity index (χ4n) is 2.56. The highest BCUT2D eigenvalue weighted by Crippen LogP contribution is 2.33. The lowest BCUT2D eigenvalue weighted by Crippen LogP contribution is -2.43. The first-order valence-corrected chi connectivity index (χ1v) is 6.83. The van der Waals surface area contributed by atoms with E-state index in [0.717, 1.165) is 23.4 Å². The van der Waals surface area contributed by atoms with Crippen LogP contribution in [0, 0.1) is 0 Å². The number of carbonyl (C=O) groups excluding carboxylic acids is 2. The third kappa shape index (κ3) is 2.90. The van der Waals surface area contributed by atoms with Crippen LogP contribution in [0.1, 0.15) is 37.8 Å². The van der Waals surface area contributed by atoms with Crippen LogP contribution in [0.2, 0.25) is 0 Å². The molecule has 1 N–H and O–H groups in total. The highest BCUT2D eigenvalue weighted by Gasteiger charge is 2.47. The van der Waals surface area contributed by atoms with Gasteiger partial charge >= 0.3 is 12.2 Å². The maximum atomic E-state index is 13.0. The highest BCUT2D eigenvalue weighted by atomic mass is 19.4. The van der Waals surface area contributed by atoms with Gasteiger partial charge in [0.25, 0.3) is 5.91 Å². The van der Waals surface area contributed by atoms with Gasteiger partial charge in [-0.05, 0) is 19.4 Å². The first kappa shape index (κ1) is 16.3. The molecule has 0 aromatic carbocycles. The minimum Gasteiger partial charge on any atom is -0.323 e. The Labute approximate surface area is 125 Å². The van der Waals surface area contributed by atoms with Gasteiger partial charge in [0.15, 0.2) is 0 Å². The van der Waals surface area contributed by atoms with E-state index in [2.05, 4.69) is 10.3 Å². The largest absolute Gasteiger partial charge is 0.416 e. The van der Waals surface area contributed by atoms with Crippen LogP contribution in [0.5, 0.6) is 0 Å². The Balaban J connectivity index is 2.29. The van der Waals surface area contributed by atoms with Crippen LogP contribution < -0.4 is 5.32 Å². The molecule has 0 saturated carbocycles. The SMILES string of the molecule is CCCC1(C)NC(=O)N(Cc2cnccc2C(F)(F)F)C1=O. The molecule has 1 fully saturated rings. The summed E-state index contributed by atoms with van der Waals surface area (Å²) in [5.74, 6) is -0.517. The number of nitrogens with zero attached hydrogens (tertiary/aromatic N) is 2. The van der Waals surface area contributed by atoms with Gasteiger partial charge in [0.2, 0.25) is 0 Å². The van der Waals surface area contributed by atoms with Crippen molar-refractivity contribution in [2.24, 2.45) is 0 Å². The standard InChI is InChI=1S/C14H16F3N3O2/c1-3-5-13(2)11(21)20(12(22)19-13)8-9-7-18-6-4-10(9)14(15,16)17/h4,6-7H,3,5,8H2,1-2H3,(H,19,22). The first-order valence-electron chi connectivity index (χ1n) is 6.83. The summed E-state index contributed by atoms with van der Waals surface area (Å²) in [6, 6.07) is 0.150. The molecule has 22 heavy (non-hydrogen) atoms. The molecule has 2 heterocycles. The Morgan fingerprint density at radius 3 is 2.64 bits per heavy atom. The second kappa shape index (κ2) is 5.58. The smallest absolute Gasteiger partial charge is 0.323 e. The van der Waals surface area contributed by atoms with Crippen LogP contribution in [-0.4, -0.2) is 27.4 Å². The van der Waals surface area contributed by atoms with E-state index in [1.165, 1.54) is 0 Å². The van der Waals surface area contributed by atoms with E-state index in [9.17, 15) is 22.8 Å². The molecular weight excluding hydrogens is 299 g/mol. The molecule has 0 bridgehead atoms. The summed E-state index contributed by atoms with van der Waals surface area (Å²) in [4.78, 5) is 28.7. The summed E-state index contributed by atoms with van der Waals surface area (Å²) >= 11 is 0. The van der Waals surface area contributed by atoms with Gasteiger partial charge < -0.3 is 5.32 Å². The molecule has 3 amide bonds. The van der Waals surface area contributed by atoms with E-state index in [4.69, 9.17) is 0 Å². The molecule has 2 rings (SSSR count). The number of nitrogens with one attached hydrogen (secondary N) is 1. The van der Waals surface area contributed by atoms with Gasteiger partial charge in [-0.15, -0.1) is 0 Å². The number of hydrogen-bond donors (Lipinski definition) is 1. The monoisotopic (exact) mass is 315 g/mol. The van der Waals surface area contributed by atoms with Crippen LogP contribution >= 0.6 is 0 Å². The maximum Gasteiger partial charge on any atom is 0.416 e. The highest BCUT2D eigenvalue weighted by molar-refractivity contribution is 6.06. The van der Waals surface area contributed by atoms with Crippen molar-refractivity contribution in [3.8, 4) is 0 Å². The summed E-state index contributed by atoms with van der Waals surface area (Å²) in [6.45, 7) is 2.98. The number of pyridine rings is 1. The summed E-state index contributed by atoms with van der Waals surface area (Å²) in [5.41, 5.74) is -2.17. The Morgan fingerprint density at radius 2 is 2.05 bits per heavy atom. The molecule has 1 aromatic rings. The Bertz CT molecular complexity index is 603. The Kier molecular flexibility index (Phi) is 4.12. The molecule has 0 spiro atoms. The van der Waals surface area contributed by atoms with Crippen molar-refractivity contribution in [1.82, 2.24) is 15.2 Å². The zero-order valence-corrected chi connectivity index (χ0v) is 12.2. The van der Waals surface area contributed by atoms with Crippen LogP contribution in [0.4, 0.5) is 18.0 Å². The minimum absolute atomic E-state index is 0.209. The average molecular weight is 315 g/mol. The number of hydrogen-bond acceptors (Lipinski definition) is 3. The number of rotatable bonds is 4. The molecular formula is C14H16F3N3O2. The number of aromatic nitrogens is 1. The molecule has 1 unspecified atom stereocenters. The fraction of sp³-hybridized carbons (Fsp3) is 0.500. The second-order valence-electron chi connectivity index (χ2n) is 5.43.